The van der Waals surface area contributed by atoms with E-state index in [9.17, 15) is 9.59 Å². The number of fused-ring (bicyclic) bond motifs is 1. The number of hydrogen-bond donors (Lipinski definition) is 1. The molecule has 1 fully saturated rings. The van der Waals surface area contributed by atoms with Crippen LogP contribution in [0.5, 0.6) is 0 Å². The van der Waals surface area contributed by atoms with Crippen molar-refractivity contribution < 1.29 is 9.59 Å². The molecule has 6 heteroatoms. The van der Waals surface area contributed by atoms with E-state index in [1.54, 1.807) is 6.07 Å². The van der Waals surface area contributed by atoms with Gasteiger partial charge in [-0.05, 0) is 64.3 Å². The molecule has 6 nitrogen and oxygen atoms in total. The van der Waals surface area contributed by atoms with Crippen LogP contribution >= 0.6 is 0 Å². The molecule has 4 rings (SSSR count). The van der Waals surface area contributed by atoms with E-state index >= 15 is 0 Å². The summed E-state index contributed by atoms with van der Waals surface area (Å²) in [5, 5.41) is 3.06. The Morgan fingerprint density at radius 1 is 1.16 bits per heavy atom. The lowest BCUT2D eigenvalue weighted by Crippen LogP contribution is -2.44. The molecule has 2 unspecified atom stereocenters. The van der Waals surface area contributed by atoms with Gasteiger partial charge in [-0.15, -0.1) is 0 Å². The average Bonchev–Trinajstić information content (AvgIpc) is 3.12. The molecule has 2 atom stereocenters. The predicted octanol–water partition coefficient (Wildman–Crippen LogP) is 4.24. The van der Waals surface area contributed by atoms with Crippen LogP contribution in [0.3, 0.4) is 0 Å². The molecule has 0 saturated carbocycles. The van der Waals surface area contributed by atoms with Crippen LogP contribution in [0.1, 0.15) is 60.9 Å². The molecule has 2 amide bonds. The third kappa shape index (κ3) is 4.48. The van der Waals surface area contributed by atoms with Crippen molar-refractivity contribution in [2.24, 2.45) is 0 Å². The van der Waals surface area contributed by atoms with Crippen LogP contribution in [0.2, 0.25) is 0 Å². The molecular weight excluding hydrogens is 388 g/mol. The summed E-state index contributed by atoms with van der Waals surface area (Å²) in [4.78, 5) is 32.7. The number of aromatic nitrogens is 2. The molecular formula is C25H30N4O2. The van der Waals surface area contributed by atoms with Crippen LogP contribution in [0.25, 0.3) is 11.0 Å². The Bertz CT molecular complexity index is 1100. The fourth-order valence-electron chi connectivity index (χ4n) is 4.42. The summed E-state index contributed by atoms with van der Waals surface area (Å²) in [5.74, 6) is 0.653. The number of carbonyl (C=O) groups is 2. The van der Waals surface area contributed by atoms with Gasteiger partial charge in [0, 0.05) is 18.2 Å². The summed E-state index contributed by atoms with van der Waals surface area (Å²) in [6.07, 6.45) is 3.27. The number of benzene rings is 2. The van der Waals surface area contributed by atoms with E-state index < -0.39 is 0 Å². The van der Waals surface area contributed by atoms with Gasteiger partial charge in [-0.3, -0.25) is 9.59 Å². The molecule has 2 aromatic carbocycles. The summed E-state index contributed by atoms with van der Waals surface area (Å²) in [7, 11) is 0. The van der Waals surface area contributed by atoms with Crippen LogP contribution in [0, 0.1) is 6.92 Å². The van der Waals surface area contributed by atoms with Crippen molar-refractivity contribution in [3.8, 4) is 0 Å². The maximum absolute atomic E-state index is 13.2. The maximum Gasteiger partial charge on any atom is 0.251 e. The number of amides is 2. The van der Waals surface area contributed by atoms with Gasteiger partial charge < -0.3 is 14.8 Å². The predicted molar refractivity (Wildman–Crippen MR) is 122 cm³/mol. The first-order chi connectivity index (χ1) is 14.9. The summed E-state index contributed by atoms with van der Waals surface area (Å²) in [5.41, 5.74) is 3.39. The fourth-order valence-corrected chi connectivity index (χ4v) is 4.42. The van der Waals surface area contributed by atoms with E-state index in [0.29, 0.717) is 11.4 Å². The van der Waals surface area contributed by atoms with Crippen molar-refractivity contribution >= 4 is 22.8 Å². The number of piperidine rings is 1. The molecule has 0 spiro atoms. The van der Waals surface area contributed by atoms with Gasteiger partial charge in [0.05, 0.1) is 17.1 Å². The molecule has 0 bridgehead atoms. The van der Waals surface area contributed by atoms with E-state index in [0.717, 1.165) is 36.0 Å². The number of hydrogen-bond acceptors (Lipinski definition) is 3. The summed E-state index contributed by atoms with van der Waals surface area (Å²) < 4.78 is 1.96. The largest absolute Gasteiger partial charge is 0.342 e. The van der Waals surface area contributed by atoms with Crippen molar-refractivity contribution in [1.82, 2.24) is 19.8 Å². The molecule has 1 N–H and O–H groups in total. The smallest absolute Gasteiger partial charge is 0.251 e. The fraction of sp³-hybridized carbons (Fsp3) is 0.400. The maximum atomic E-state index is 13.2. The van der Waals surface area contributed by atoms with Crippen LogP contribution in [-0.4, -0.2) is 38.9 Å². The number of nitrogens with one attached hydrogen (secondary N) is 1. The molecule has 0 radical (unpaired) electrons. The first-order valence-corrected chi connectivity index (χ1v) is 11.1. The van der Waals surface area contributed by atoms with E-state index in [2.05, 4.69) is 12.2 Å². The number of likely N-dealkylation sites (tertiary alicyclic amines) is 1. The van der Waals surface area contributed by atoms with E-state index in [-0.39, 0.29) is 30.4 Å². The monoisotopic (exact) mass is 418 g/mol. The van der Waals surface area contributed by atoms with E-state index in [4.69, 9.17) is 4.98 Å². The number of nitrogens with zero attached hydrogens (tertiary/aromatic N) is 3. The van der Waals surface area contributed by atoms with E-state index in [1.165, 1.54) is 6.42 Å². The molecule has 1 aliphatic heterocycles. The lowest BCUT2D eigenvalue weighted by Gasteiger charge is -2.33. The van der Waals surface area contributed by atoms with Crippen LogP contribution in [0.15, 0.2) is 48.5 Å². The van der Waals surface area contributed by atoms with Crippen molar-refractivity contribution in [2.45, 2.75) is 58.7 Å². The Balaban J connectivity index is 1.61. The van der Waals surface area contributed by atoms with Gasteiger partial charge in [0.15, 0.2) is 0 Å². The van der Waals surface area contributed by atoms with Crippen molar-refractivity contribution in [1.29, 1.82) is 0 Å². The van der Waals surface area contributed by atoms with Crippen molar-refractivity contribution in [3.63, 3.8) is 0 Å². The van der Waals surface area contributed by atoms with Gasteiger partial charge >= 0.3 is 0 Å². The number of imidazole rings is 1. The number of rotatable bonds is 5. The van der Waals surface area contributed by atoms with Crippen LogP contribution in [-0.2, 0) is 11.3 Å². The Morgan fingerprint density at radius 2 is 1.97 bits per heavy atom. The first-order valence-electron chi connectivity index (χ1n) is 11.1. The Labute approximate surface area is 183 Å². The van der Waals surface area contributed by atoms with Crippen LogP contribution < -0.4 is 5.32 Å². The van der Waals surface area contributed by atoms with Gasteiger partial charge in [0.1, 0.15) is 12.4 Å². The topological polar surface area (TPSA) is 67.2 Å². The quantitative estimate of drug-likeness (QED) is 0.674. The third-order valence-electron chi connectivity index (χ3n) is 6.12. The molecule has 0 aliphatic carbocycles. The molecule has 1 saturated heterocycles. The Hall–Kier alpha value is -3.15. The van der Waals surface area contributed by atoms with E-state index in [1.807, 2.05) is 65.8 Å². The molecule has 3 aromatic rings. The highest BCUT2D eigenvalue weighted by Crippen LogP contribution is 2.23. The van der Waals surface area contributed by atoms with Crippen LogP contribution in [0.4, 0.5) is 0 Å². The SMILES string of the molecule is Cc1cccc(C(=O)NC(C)c2nc3ccccc3n2CC(=O)N2CCCCC2C)c1. The second kappa shape index (κ2) is 8.92. The van der Waals surface area contributed by atoms with Gasteiger partial charge in [0.25, 0.3) is 5.91 Å². The zero-order valence-electron chi connectivity index (χ0n) is 18.5. The zero-order valence-corrected chi connectivity index (χ0v) is 18.5. The minimum Gasteiger partial charge on any atom is -0.342 e. The molecule has 2 heterocycles. The minimum atomic E-state index is -0.341. The molecule has 162 valence electrons. The van der Waals surface area contributed by atoms with Crippen molar-refractivity contribution in [3.05, 3.63) is 65.5 Å². The van der Waals surface area contributed by atoms with Gasteiger partial charge in [-0.1, -0.05) is 29.8 Å². The number of para-hydroxylation sites is 2. The Kier molecular flexibility index (Phi) is 6.07. The normalized spacial score (nSPS) is 17.5. The lowest BCUT2D eigenvalue weighted by atomic mass is 10.0. The van der Waals surface area contributed by atoms with Gasteiger partial charge in [-0.2, -0.15) is 0 Å². The van der Waals surface area contributed by atoms with Gasteiger partial charge in [-0.25, -0.2) is 4.98 Å². The third-order valence-corrected chi connectivity index (χ3v) is 6.12. The standard InChI is InChI=1S/C25H30N4O2/c1-17-9-8-11-20(15-17)25(31)26-19(3)24-27-21-12-4-5-13-22(21)29(24)16-23(30)28-14-7-6-10-18(28)2/h4-5,8-9,11-13,15,18-19H,6-7,10,14,16H2,1-3H3,(H,26,31). The molecule has 1 aromatic heterocycles. The molecule has 31 heavy (non-hydrogen) atoms. The second-order valence-corrected chi connectivity index (χ2v) is 8.54. The Morgan fingerprint density at radius 3 is 2.74 bits per heavy atom. The van der Waals surface area contributed by atoms with Crippen molar-refractivity contribution in [2.75, 3.05) is 6.54 Å². The number of carbonyl (C=O) groups excluding carboxylic acids is 2. The molecule has 1 aliphatic rings. The first kappa shape index (κ1) is 21.1. The van der Waals surface area contributed by atoms with Gasteiger partial charge in [0.2, 0.25) is 5.91 Å². The average molecular weight is 419 g/mol. The zero-order chi connectivity index (χ0) is 22.0. The minimum absolute atomic E-state index is 0.105. The summed E-state index contributed by atoms with van der Waals surface area (Å²) in [6, 6.07) is 15.3. The summed E-state index contributed by atoms with van der Waals surface area (Å²) in [6.45, 7) is 7.04. The second-order valence-electron chi connectivity index (χ2n) is 8.54. The highest BCUT2D eigenvalue weighted by Gasteiger charge is 2.26. The lowest BCUT2D eigenvalue weighted by molar-refractivity contribution is -0.135. The summed E-state index contributed by atoms with van der Waals surface area (Å²) >= 11 is 0. The number of aryl methyl sites for hydroxylation is 1. The highest BCUT2D eigenvalue weighted by atomic mass is 16.2. The highest BCUT2D eigenvalue weighted by molar-refractivity contribution is 5.94.